The Bertz CT molecular complexity index is 1290. The van der Waals surface area contributed by atoms with Crippen LogP contribution in [-0.2, 0) is 4.79 Å². The summed E-state index contributed by atoms with van der Waals surface area (Å²) in [6, 6.07) is 14.3. The van der Waals surface area contributed by atoms with Crippen molar-refractivity contribution in [2.24, 2.45) is 0 Å². The summed E-state index contributed by atoms with van der Waals surface area (Å²) in [6.45, 7) is 7.81. The van der Waals surface area contributed by atoms with Gasteiger partial charge in [0.1, 0.15) is 0 Å². The average molecular weight is 494 g/mol. The van der Waals surface area contributed by atoms with E-state index in [1.54, 1.807) is 40.8 Å². The molecule has 3 aromatic rings. The molecular formula is C26H28ClN5O3. The molecule has 2 amide bonds. The summed E-state index contributed by atoms with van der Waals surface area (Å²) in [5.41, 5.74) is 3.68. The van der Waals surface area contributed by atoms with Crippen molar-refractivity contribution in [3.05, 3.63) is 86.3 Å². The third kappa shape index (κ3) is 5.61. The largest absolute Gasteiger partial charge is 0.335 e. The van der Waals surface area contributed by atoms with Gasteiger partial charge in [0.15, 0.2) is 5.69 Å². The zero-order chi connectivity index (χ0) is 25.1. The number of hydrogen-bond donors (Lipinski definition) is 1. The topological polar surface area (TPSA) is 87.5 Å². The molecule has 0 radical (unpaired) electrons. The first-order valence-electron chi connectivity index (χ1n) is 11.5. The van der Waals surface area contributed by atoms with Gasteiger partial charge in [-0.3, -0.25) is 19.3 Å². The Kier molecular flexibility index (Phi) is 7.33. The first-order valence-corrected chi connectivity index (χ1v) is 11.9. The molecule has 9 heteroatoms. The van der Waals surface area contributed by atoms with Crippen molar-refractivity contribution in [3.63, 3.8) is 0 Å². The number of hydrogen-bond acceptors (Lipinski definition) is 5. The molecule has 182 valence electrons. The summed E-state index contributed by atoms with van der Waals surface area (Å²) in [5, 5.41) is 7.96. The van der Waals surface area contributed by atoms with Crippen LogP contribution in [0.2, 0.25) is 5.02 Å². The summed E-state index contributed by atoms with van der Waals surface area (Å²) in [6.07, 6.45) is 0. The number of carbonyl (C=O) groups is 2. The molecular weight excluding hydrogens is 466 g/mol. The van der Waals surface area contributed by atoms with Crippen LogP contribution in [0.4, 0.5) is 5.69 Å². The lowest BCUT2D eigenvalue weighted by molar-refractivity contribution is -0.117. The number of nitrogens with one attached hydrogen (secondary N) is 1. The van der Waals surface area contributed by atoms with Crippen LogP contribution in [0.3, 0.4) is 0 Å². The Morgan fingerprint density at radius 2 is 1.60 bits per heavy atom. The van der Waals surface area contributed by atoms with E-state index >= 15 is 0 Å². The number of carbonyl (C=O) groups excluding carboxylic acids is 2. The van der Waals surface area contributed by atoms with Crippen LogP contribution in [0, 0.1) is 20.8 Å². The van der Waals surface area contributed by atoms with Gasteiger partial charge in [0.05, 0.1) is 12.2 Å². The number of piperazine rings is 1. The van der Waals surface area contributed by atoms with Crippen molar-refractivity contribution >= 4 is 29.1 Å². The standard InChI is InChI=1S/C26H28ClN5O3/c1-17-5-4-6-18(2)24(17)28-23(34)16-30-11-13-31(14-12-30)26(35)25-22(33)15-19(3)32(29-25)21-9-7-20(27)8-10-21/h4-10,15H,11-14,16H2,1-3H3,(H,28,34). The van der Waals surface area contributed by atoms with E-state index in [-0.39, 0.29) is 18.1 Å². The highest BCUT2D eigenvalue weighted by molar-refractivity contribution is 6.30. The molecule has 1 fully saturated rings. The number of aromatic nitrogens is 2. The molecule has 1 saturated heterocycles. The number of para-hydroxylation sites is 1. The minimum absolute atomic E-state index is 0.0896. The third-order valence-corrected chi connectivity index (χ3v) is 6.41. The zero-order valence-corrected chi connectivity index (χ0v) is 20.8. The van der Waals surface area contributed by atoms with Gasteiger partial charge < -0.3 is 10.2 Å². The molecule has 1 aromatic heterocycles. The van der Waals surface area contributed by atoms with Crippen LogP contribution in [-0.4, -0.2) is 64.1 Å². The Morgan fingerprint density at radius 1 is 0.971 bits per heavy atom. The van der Waals surface area contributed by atoms with Crippen LogP contribution >= 0.6 is 11.6 Å². The Labute approximate surface area is 209 Å². The fourth-order valence-corrected chi connectivity index (χ4v) is 4.32. The van der Waals surface area contributed by atoms with Gasteiger partial charge in [0.2, 0.25) is 11.3 Å². The van der Waals surface area contributed by atoms with Gasteiger partial charge in [-0.15, -0.1) is 0 Å². The maximum Gasteiger partial charge on any atom is 0.278 e. The molecule has 1 aliphatic rings. The lowest BCUT2D eigenvalue weighted by atomic mass is 10.1. The van der Waals surface area contributed by atoms with Gasteiger partial charge in [-0.1, -0.05) is 29.8 Å². The predicted octanol–water partition coefficient (Wildman–Crippen LogP) is 3.21. The van der Waals surface area contributed by atoms with E-state index in [1.807, 2.05) is 36.9 Å². The average Bonchev–Trinajstić information content (AvgIpc) is 2.82. The van der Waals surface area contributed by atoms with Crippen LogP contribution in [0.25, 0.3) is 5.69 Å². The maximum absolute atomic E-state index is 13.1. The van der Waals surface area contributed by atoms with E-state index in [0.29, 0.717) is 42.6 Å². The molecule has 0 atom stereocenters. The van der Waals surface area contributed by atoms with Gasteiger partial charge >= 0.3 is 0 Å². The van der Waals surface area contributed by atoms with E-state index in [4.69, 9.17) is 11.6 Å². The van der Waals surface area contributed by atoms with E-state index in [0.717, 1.165) is 16.8 Å². The second-order valence-corrected chi connectivity index (χ2v) is 9.21. The Hall–Kier alpha value is -3.49. The monoisotopic (exact) mass is 493 g/mol. The summed E-state index contributed by atoms with van der Waals surface area (Å²) < 4.78 is 1.57. The lowest BCUT2D eigenvalue weighted by Crippen LogP contribution is -2.51. The summed E-state index contributed by atoms with van der Waals surface area (Å²) >= 11 is 5.98. The van der Waals surface area contributed by atoms with Crippen molar-refractivity contribution in [3.8, 4) is 5.69 Å². The van der Waals surface area contributed by atoms with Gasteiger partial charge in [-0.25, -0.2) is 4.68 Å². The molecule has 1 N–H and O–H groups in total. The zero-order valence-electron chi connectivity index (χ0n) is 20.0. The number of nitrogens with zero attached hydrogens (tertiary/aromatic N) is 4. The van der Waals surface area contributed by atoms with Gasteiger partial charge in [0.25, 0.3) is 5.91 Å². The molecule has 35 heavy (non-hydrogen) atoms. The minimum atomic E-state index is -0.409. The highest BCUT2D eigenvalue weighted by atomic mass is 35.5. The van der Waals surface area contributed by atoms with Crippen molar-refractivity contribution in [2.45, 2.75) is 20.8 Å². The molecule has 0 saturated carbocycles. The van der Waals surface area contributed by atoms with E-state index in [2.05, 4.69) is 10.4 Å². The van der Waals surface area contributed by atoms with Crippen molar-refractivity contribution in [1.82, 2.24) is 19.6 Å². The van der Waals surface area contributed by atoms with Crippen LogP contribution in [0.5, 0.6) is 0 Å². The summed E-state index contributed by atoms with van der Waals surface area (Å²) in [5.74, 6) is -0.495. The number of anilines is 1. The molecule has 4 rings (SSSR count). The fraction of sp³-hybridized carbons (Fsp3) is 0.308. The molecule has 0 aliphatic carbocycles. The second kappa shape index (κ2) is 10.4. The first-order chi connectivity index (χ1) is 16.7. The Balaban J connectivity index is 1.40. The molecule has 8 nitrogen and oxygen atoms in total. The second-order valence-electron chi connectivity index (χ2n) is 8.77. The summed E-state index contributed by atoms with van der Waals surface area (Å²) in [7, 11) is 0. The fourth-order valence-electron chi connectivity index (χ4n) is 4.19. The number of benzene rings is 2. The smallest absolute Gasteiger partial charge is 0.278 e. The number of amides is 2. The Morgan fingerprint density at radius 3 is 2.23 bits per heavy atom. The normalized spacial score (nSPS) is 14.1. The highest BCUT2D eigenvalue weighted by Gasteiger charge is 2.26. The van der Waals surface area contributed by atoms with Crippen LogP contribution in [0.1, 0.15) is 27.3 Å². The van der Waals surface area contributed by atoms with Crippen LogP contribution < -0.4 is 10.7 Å². The number of rotatable bonds is 5. The van der Waals surface area contributed by atoms with Gasteiger partial charge in [-0.2, -0.15) is 5.10 Å². The quantitative estimate of drug-likeness (QED) is 0.589. The summed E-state index contributed by atoms with van der Waals surface area (Å²) in [4.78, 5) is 42.0. The van der Waals surface area contributed by atoms with E-state index in [1.165, 1.54) is 6.07 Å². The van der Waals surface area contributed by atoms with Crippen LogP contribution in [0.15, 0.2) is 53.3 Å². The molecule has 2 aromatic carbocycles. The van der Waals surface area contributed by atoms with E-state index in [9.17, 15) is 14.4 Å². The van der Waals surface area contributed by atoms with Crippen molar-refractivity contribution in [1.29, 1.82) is 0 Å². The van der Waals surface area contributed by atoms with Crippen molar-refractivity contribution in [2.75, 3.05) is 38.0 Å². The first kappa shape index (κ1) is 24.6. The molecule has 0 unspecified atom stereocenters. The molecule has 0 bridgehead atoms. The molecule has 1 aliphatic heterocycles. The minimum Gasteiger partial charge on any atom is -0.335 e. The van der Waals surface area contributed by atoms with Gasteiger partial charge in [-0.05, 0) is 56.2 Å². The third-order valence-electron chi connectivity index (χ3n) is 6.15. The van der Waals surface area contributed by atoms with Gasteiger partial charge in [0, 0.05) is 48.6 Å². The predicted molar refractivity (Wildman–Crippen MR) is 136 cm³/mol. The maximum atomic E-state index is 13.1. The number of aryl methyl sites for hydroxylation is 3. The molecule has 0 spiro atoms. The lowest BCUT2D eigenvalue weighted by Gasteiger charge is -2.34. The highest BCUT2D eigenvalue weighted by Crippen LogP contribution is 2.19. The van der Waals surface area contributed by atoms with E-state index < -0.39 is 11.3 Å². The van der Waals surface area contributed by atoms with Crippen molar-refractivity contribution < 1.29 is 9.59 Å². The SMILES string of the molecule is Cc1cccc(C)c1NC(=O)CN1CCN(C(=O)c2nn(-c3ccc(Cl)cc3)c(C)cc2=O)CC1. The number of halogens is 1. The molecule has 2 heterocycles.